The molecular weight excluding hydrogens is 224 g/mol. The molecule has 0 amide bonds. The van der Waals surface area contributed by atoms with Crippen molar-refractivity contribution < 1.29 is 9.90 Å². The number of hydrogen-bond donors (Lipinski definition) is 1. The highest BCUT2D eigenvalue weighted by Gasteiger charge is 2.28. The fraction of sp³-hybridized carbons (Fsp3) is 0.438. The maximum atomic E-state index is 11.1. The predicted molar refractivity (Wildman–Crippen MR) is 72.4 cm³/mol. The lowest BCUT2D eigenvalue weighted by molar-refractivity contribution is -0.142. The van der Waals surface area contributed by atoms with Crippen LogP contribution in [-0.2, 0) is 11.2 Å². The lowest BCUT2D eigenvalue weighted by Crippen LogP contribution is -2.13. The number of benzene rings is 1. The molecule has 1 saturated carbocycles. The van der Waals surface area contributed by atoms with Crippen molar-refractivity contribution in [2.75, 3.05) is 0 Å². The van der Waals surface area contributed by atoms with E-state index in [0.717, 1.165) is 12.8 Å². The second-order valence-electron chi connectivity index (χ2n) is 5.11. The van der Waals surface area contributed by atoms with Gasteiger partial charge in [-0.15, -0.1) is 0 Å². The Kier molecular flexibility index (Phi) is 4.57. The van der Waals surface area contributed by atoms with E-state index in [1.165, 1.54) is 18.4 Å². The van der Waals surface area contributed by atoms with E-state index < -0.39 is 5.97 Å². The average Bonchev–Trinajstić information content (AvgIpc) is 3.18. The van der Waals surface area contributed by atoms with Crippen LogP contribution in [0.1, 0.15) is 31.2 Å². The number of carbonyl (C=O) groups is 1. The van der Waals surface area contributed by atoms with Crippen molar-refractivity contribution in [3.63, 3.8) is 0 Å². The van der Waals surface area contributed by atoms with Gasteiger partial charge in [0.15, 0.2) is 0 Å². The zero-order valence-corrected chi connectivity index (χ0v) is 10.6. The SMILES string of the molecule is O=C(O)[C@@H](C/C=C/Cc1ccccc1)CC1CC1. The minimum absolute atomic E-state index is 0.190. The van der Waals surface area contributed by atoms with Gasteiger partial charge in [-0.05, 0) is 30.7 Å². The van der Waals surface area contributed by atoms with Crippen molar-refractivity contribution in [2.45, 2.75) is 32.1 Å². The third-order valence-corrected chi connectivity index (χ3v) is 3.45. The van der Waals surface area contributed by atoms with Crippen LogP contribution in [0.25, 0.3) is 0 Å². The van der Waals surface area contributed by atoms with Crippen LogP contribution in [0.3, 0.4) is 0 Å². The van der Waals surface area contributed by atoms with E-state index in [4.69, 9.17) is 5.11 Å². The van der Waals surface area contributed by atoms with Gasteiger partial charge in [0.2, 0.25) is 0 Å². The number of aliphatic carboxylic acids is 1. The molecule has 1 N–H and O–H groups in total. The maximum Gasteiger partial charge on any atom is 0.306 e. The zero-order valence-electron chi connectivity index (χ0n) is 10.6. The third-order valence-electron chi connectivity index (χ3n) is 3.45. The molecule has 0 bridgehead atoms. The quantitative estimate of drug-likeness (QED) is 0.743. The van der Waals surface area contributed by atoms with Gasteiger partial charge >= 0.3 is 5.97 Å². The monoisotopic (exact) mass is 244 g/mol. The van der Waals surface area contributed by atoms with E-state index in [1.807, 2.05) is 24.3 Å². The summed E-state index contributed by atoms with van der Waals surface area (Å²) in [6, 6.07) is 10.2. The molecule has 1 aromatic rings. The van der Waals surface area contributed by atoms with Gasteiger partial charge in [-0.3, -0.25) is 4.79 Å². The Labute approximate surface area is 108 Å². The van der Waals surface area contributed by atoms with E-state index in [9.17, 15) is 4.79 Å². The first-order chi connectivity index (χ1) is 8.75. The standard InChI is InChI=1S/C16H20O2/c17-16(18)15(12-14-10-11-14)9-5-4-8-13-6-2-1-3-7-13/h1-7,14-15H,8-12H2,(H,17,18)/b5-4+/t15-/m0/s1. The van der Waals surface area contributed by atoms with E-state index >= 15 is 0 Å². The fourth-order valence-corrected chi connectivity index (χ4v) is 2.15. The van der Waals surface area contributed by atoms with Gasteiger partial charge in [0, 0.05) is 0 Å². The molecule has 0 aromatic heterocycles. The minimum atomic E-state index is -0.647. The van der Waals surface area contributed by atoms with Gasteiger partial charge in [-0.25, -0.2) is 0 Å². The van der Waals surface area contributed by atoms with Crippen molar-refractivity contribution >= 4 is 5.97 Å². The van der Waals surface area contributed by atoms with Crippen molar-refractivity contribution in [1.29, 1.82) is 0 Å². The number of carboxylic acid groups (broad SMARTS) is 1. The third kappa shape index (κ3) is 4.36. The van der Waals surface area contributed by atoms with Gasteiger partial charge in [0.1, 0.15) is 0 Å². The molecule has 0 aliphatic heterocycles. The molecule has 1 aliphatic carbocycles. The first-order valence-corrected chi connectivity index (χ1v) is 6.67. The Morgan fingerprint density at radius 1 is 1.28 bits per heavy atom. The zero-order chi connectivity index (χ0) is 12.8. The average molecular weight is 244 g/mol. The van der Waals surface area contributed by atoms with Crippen molar-refractivity contribution in [3.05, 3.63) is 48.0 Å². The van der Waals surface area contributed by atoms with Gasteiger partial charge in [0.05, 0.1) is 5.92 Å². The van der Waals surface area contributed by atoms with E-state index in [-0.39, 0.29) is 5.92 Å². The molecule has 0 saturated heterocycles. The first kappa shape index (κ1) is 12.9. The summed E-state index contributed by atoms with van der Waals surface area (Å²) in [4.78, 5) is 11.1. The van der Waals surface area contributed by atoms with Gasteiger partial charge < -0.3 is 5.11 Å². The Balaban J connectivity index is 1.76. The molecule has 1 aliphatic rings. The summed E-state index contributed by atoms with van der Waals surface area (Å²) in [6.45, 7) is 0. The summed E-state index contributed by atoms with van der Waals surface area (Å²) in [5.41, 5.74) is 1.27. The Bertz CT molecular complexity index is 404. The molecule has 0 heterocycles. The summed E-state index contributed by atoms with van der Waals surface area (Å²) in [5, 5.41) is 9.13. The summed E-state index contributed by atoms with van der Waals surface area (Å²) in [5.74, 6) is -0.163. The molecule has 0 spiro atoms. The van der Waals surface area contributed by atoms with Crippen LogP contribution >= 0.6 is 0 Å². The van der Waals surface area contributed by atoms with Crippen LogP contribution in [0, 0.1) is 11.8 Å². The predicted octanol–water partition coefficient (Wildman–Crippen LogP) is 3.68. The van der Waals surface area contributed by atoms with Crippen LogP contribution < -0.4 is 0 Å². The Morgan fingerprint density at radius 3 is 2.61 bits per heavy atom. The smallest absolute Gasteiger partial charge is 0.306 e. The molecule has 1 fully saturated rings. The van der Waals surface area contributed by atoms with E-state index in [0.29, 0.717) is 12.3 Å². The molecule has 1 atom stereocenters. The number of allylic oxidation sites excluding steroid dienone is 2. The minimum Gasteiger partial charge on any atom is -0.481 e. The lowest BCUT2D eigenvalue weighted by atomic mass is 9.98. The summed E-state index contributed by atoms with van der Waals surface area (Å²) >= 11 is 0. The molecule has 1 aromatic carbocycles. The number of rotatable bonds is 7. The van der Waals surface area contributed by atoms with Crippen molar-refractivity contribution in [2.24, 2.45) is 11.8 Å². The molecule has 2 rings (SSSR count). The van der Waals surface area contributed by atoms with Crippen LogP contribution in [0.4, 0.5) is 0 Å². The Morgan fingerprint density at radius 2 is 2.00 bits per heavy atom. The highest BCUT2D eigenvalue weighted by Crippen LogP contribution is 2.36. The molecule has 2 heteroatoms. The summed E-state index contributed by atoms with van der Waals surface area (Å²) in [6.07, 6.45) is 8.95. The summed E-state index contributed by atoms with van der Waals surface area (Å²) < 4.78 is 0. The van der Waals surface area contributed by atoms with E-state index in [1.54, 1.807) is 0 Å². The van der Waals surface area contributed by atoms with Crippen molar-refractivity contribution in [3.8, 4) is 0 Å². The van der Waals surface area contributed by atoms with Crippen LogP contribution in [0.15, 0.2) is 42.5 Å². The highest BCUT2D eigenvalue weighted by atomic mass is 16.4. The normalized spacial score (nSPS) is 16.9. The molecule has 2 nitrogen and oxygen atoms in total. The largest absolute Gasteiger partial charge is 0.481 e. The van der Waals surface area contributed by atoms with Gasteiger partial charge in [0.25, 0.3) is 0 Å². The molecule has 96 valence electrons. The first-order valence-electron chi connectivity index (χ1n) is 6.67. The van der Waals surface area contributed by atoms with E-state index in [2.05, 4.69) is 18.2 Å². The topological polar surface area (TPSA) is 37.3 Å². The number of hydrogen-bond acceptors (Lipinski definition) is 1. The van der Waals surface area contributed by atoms with Crippen LogP contribution in [-0.4, -0.2) is 11.1 Å². The van der Waals surface area contributed by atoms with Crippen LogP contribution in [0.5, 0.6) is 0 Å². The number of carboxylic acids is 1. The second-order valence-corrected chi connectivity index (χ2v) is 5.11. The van der Waals surface area contributed by atoms with Gasteiger partial charge in [-0.2, -0.15) is 0 Å². The van der Waals surface area contributed by atoms with Gasteiger partial charge in [-0.1, -0.05) is 55.3 Å². The Hall–Kier alpha value is -1.57. The second kappa shape index (κ2) is 6.39. The fourth-order valence-electron chi connectivity index (χ4n) is 2.15. The van der Waals surface area contributed by atoms with Crippen LogP contribution in [0.2, 0.25) is 0 Å². The maximum absolute atomic E-state index is 11.1. The summed E-state index contributed by atoms with van der Waals surface area (Å²) in [7, 11) is 0. The lowest BCUT2D eigenvalue weighted by Gasteiger charge is -2.08. The molecular formula is C16H20O2. The molecule has 0 radical (unpaired) electrons. The highest BCUT2D eigenvalue weighted by molar-refractivity contribution is 5.70. The molecule has 18 heavy (non-hydrogen) atoms. The van der Waals surface area contributed by atoms with Crippen molar-refractivity contribution in [1.82, 2.24) is 0 Å². The molecule has 0 unspecified atom stereocenters.